The van der Waals surface area contributed by atoms with Crippen molar-refractivity contribution >= 4 is 5.69 Å². The summed E-state index contributed by atoms with van der Waals surface area (Å²) in [6, 6.07) is 17.3. The van der Waals surface area contributed by atoms with Crippen molar-refractivity contribution in [3.05, 3.63) is 65.2 Å². The summed E-state index contributed by atoms with van der Waals surface area (Å²) in [7, 11) is 4.32. The molecule has 2 aromatic rings. The first-order valence-corrected chi connectivity index (χ1v) is 7.78. The third-order valence-electron chi connectivity index (χ3n) is 4.44. The minimum absolute atomic E-state index is 1.12. The molecule has 2 nitrogen and oxygen atoms in total. The number of rotatable bonds is 0. The minimum Gasteiger partial charge on any atom is -0.374 e. The molecule has 110 valence electrons. The third-order valence-corrected chi connectivity index (χ3v) is 4.44. The van der Waals surface area contributed by atoms with E-state index in [-0.39, 0.29) is 0 Å². The fraction of sp³-hybridized carbons (Fsp3) is 0.368. The predicted octanol–water partition coefficient (Wildman–Crippen LogP) is 3.35. The maximum absolute atomic E-state index is 2.36. The number of fused-ring (bicyclic) bond motifs is 2. The van der Waals surface area contributed by atoms with Crippen LogP contribution in [0.4, 0.5) is 5.69 Å². The van der Waals surface area contributed by atoms with E-state index in [1.54, 1.807) is 0 Å². The zero-order valence-electron chi connectivity index (χ0n) is 13.0. The molecule has 0 saturated heterocycles. The Labute approximate surface area is 128 Å². The molecule has 0 fully saturated rings. The van der Waals surface area contributed by atoms with Crippen molar-refractivity contribution in [3.63, 3.8) is 0 Å². The topological polar surface area (TPSA) is 6.48 Å². The summed E-state index contributed by atoms with van der Waals surface area (Å²) in [5.74, 6) is 0. The molecule has 0 unspecified atom stereocenters. The van der Waals surface area contributed by atoms with Crippen LogP contribution in [0.1, 0.15) is 16.7 Å². The van der Waals surface area contributed by atoms with Gasteiger partial charge >= 0.3 is 0 Å². The van der Waals surface area contributed by atoms with E-state index in [9.17, 15) is 0 Å². The van der Waals surface area contributed by atoms with Gasteiger partial charge in [-0.2, -0.15) is 0 Å². The normalized spacial score (nSPS) is 16.8. The van der Waals surface area contributed by atoms with E-state index in [4.69, 9.17) is 0 Å². The molecule has 0 atom stereocenters. The lowest BCUT2D eigenvalue weighted by Crippen LogP contribution is -2.26. The zero-order chi connectivity index (χ0) is 14.7. The van der Waals surface area contributed by atoms with Gasteiger partial charge in [0, 0.05) is 32.4 Å². The molecule has 0 saturated carbocycles. The summed E-state index contributed by atoms with van der Waals surface area (Å²) in [6.07, 6.45) is 2.43. The van der Waals surface area contributed by atoms with Crippen LogP contribution in [0.3, 0.4) is 0 Å². The minimum atomic E-state index is 1.12. The molecule has 2 heterocycles. The summed E-state index contributed by atoms with van der Waals surface area (Å²) < 4.78 is 0. The maximum Gasteiger partial charge on any atom is 0.0396 e. The van der Waals surface area contributed by atoms with Crippen LogP contribution >= 0.6 is 0 Å². The van der Waals surface area contributed by atoms with Crippen LogP contribution in [0.5, 0.6) is 0 Å². The highest BCUT2D eigenvalue weighted by Gasteiger charge is 2.13. The van der Waals surface area contributed by atoms with Gasteiger partial charge in [-0.15, -0.1) is 0 Å². The molecule has 0 N–H and O–H groups in total. The average molecular weight is 280 g/mol. The first-order valence-electron chi connectivity index (χ1n) is 7.78. The van der Waals surface area contributed by atoms with Gasteiger partial charge in [0.1, 0.15) is 0 Å². The van der Waals surface area contributed by atoms with Crippen LogP contribution in [0.25, 0.3) is 0 Å². The second-order valence-electron chi connectivity index (χ2n) is 6.06. The van der Waals surface area contributed by atoms with Gasteiger partial charge in [0.25, 0.3) is 0 Å². The van der Waals surface area contributed by atoms with Crippen molar-refractivity contribution in [2.45, 2.75) is 19.4 Å². The van der Waals surface area contributed by atoms with Crippen LogP contribution in [0.2, 0.25) is 0 Å². The van der Waals surface area contributed by atoms with Gasteiger partial charge in [-0.05, 0) is 42.6 Å². The number of likely N-dealkylation sites (N-methyl/N-ethyl adjacent to an activating group) is 2. The first kappa shape index (κ1) is 14.2. The quantitative estimate of drug-likeness (QED) is 0.730. The average Bonchev–Trinajstić information content (AvgIpc) is 2.90. The highest BCUT2D eigenvalue weighted by atomic mass is 15.1. The number of anilines is 1. The SMILES string of the molecule is CN1CCc2ccccc21.CN1CCc2ccccc2C1. The number of hydrogen-bond donors (Lipinski definition) is 0. The van der Waals surface area contributed by atoms with Crippen molar-refractivity contribution in [2.24, 2.45) is 0 Å². The fourth-order valence-corrected chi connectivity index (χ4v) is 3.14. The van der Waals surface area contributed by atoms with Gasteiger partial charge in [-0.25, -0.2) is 0 Å². The summed E-state index contributed by atoms with van der Waals surface area (Å²) in [4.78, 5) is 4.66. The summed E-state index contributed by atoms with van der Waals surface area (Å²) in [6.45, 7) is 3.51. The van der Waals surface area contributed by atoms with Crippen molar-refractivity contribution < 1.29 is 0 Å². The third kappa shape index (κ3) is 3.27. The molecule has 21 heavy (non-hydrogen) atoms. The predicted molar refractivity (Wildman–Crippen MR) is 89.9 cm³/mol. The molecule has 2 aromatic carbocycles. The Morgan fingerprint density at radius 2 is 1.33 bits per heavy atom. The number of hydrogen-bond acceptors (Lipinski definition) is 2. The monoisotopic (exact) mass is 280 g/mol. The van der Waals surface area contributed by atoms with Crippen molar-refractivity contribution in [1.29, 1.82) is 0 Å². The van der Waals surface area contributed by atoms with Crippen LogP contribution in [0.15, 0.2) is 48.5 Å². The first-order chi connectivity index (χ1) is 10.2. The van der Waals surface area contributed by atoms with E-state index in [2.05, 4.69) is 72.4 Å². The molecule has 4 rings (SSSR count). The number of para-hydroxylation sites is 1. The van der Waals surface area contributed by atoms with Crippen LogP contribution in [-0.4, -0.2) is 32.1 Å². The van der Waals surface area contributed by atoms with Crippen molar-refractivity contribution in [3.8, 4) is 0 Å². The van der Waals surface area contributed by atoms with Crippen LogP contribution < -0.4 is 4.90 Å². The van der Waals surface area contributed by atoms with E-state index in [0.29, 0.717) is 0 Å². The summed E-state index contributed by atoms with van der Waals surface area (Å²) in [5.41, 5.74) is 5.93. The van der Waals surface area contributed by atoms with E-state index in [1.807, 2.05) is 0 Å². The van der Waals surface area contributed by atoms with E-state index in [1.165, 1.54) is 48.3 Å². The molecule has 0 amide bonds. The van der Waals surface area contributed by atoms with Crippen molar-refractivity contribution in [2.75, 3.05) is 32.1 Å². The molecule has 0 radical (unpaired) electrons. The van der Waals surface area contributed by atoms with Gasteiger partial charge in [0.15, 0.2) is 0 Å². The maximum atomic E-state index is 2.36. The standard InChI is InChI=1S/C10H13N.C9H11N/c1-11-7-6-9-4-2-3-5-10(9)8-11;1-10-7-6-8-4-2-3-5-9(8)10/h2-5H,6-8H2,1H3;2-5H,6-7H2,1H3. The van der Waals surface area contributed by atoms with Gasteiger partial charge in [-0.3, -0.25) is 0 Å². The fourth-order valence-electron chi connectivity index (χ4n) is 3.14. The Kier molecular flexibility index (Phi) is 4.26. The molecule has 0 aromatic heterocycles. The summed E-state index contributed by atoms with van der Waals surface area (Å²) in [5, 5.41) is 0. The highest BCUT2D eigenvalue weighted by molar-refractivity contribution is 5.56. The molecular weight excluding hydrogens is 256 g/mol. The van der Waals surface area contributed by atoms with Gasteiger partial charge in [0.2, 0.25) is 0 Å². The van der Waals surface area contributed by atoms with Gasteiger partial charge in [0.05, 0.1) is 0 Å². The van der Waals surface area contributed by atoms with Crippen LogP contribution in [0, 0.1) is 0 Å². The smallest absolute Gasteiger partial charge is 0.0396 e. The lowest BCUT2D eigenvalue weighted by Gasteiger charge is -2.24. The Morgan fingerprint density at radius 3 is 2.10 bits per heavy atom. The lowest BCUT2D eigenvalue weighted by atomic mass is 10.0. The number of nitrogens with zero attached hydrogens (tertiary/aromatic N) is 2. The molecule has 2 aliphatic heterocycles. The molecule has 2 heteroatoms. The second kappa shape index (κ2) is 6.31. The molecular formula is C19H24N2. The van der Waals surface area contributed by atoms with Gasteiger partial charge in [-0.1, -0.05) is 42.5 Å². The van der Waals surface area contributed by atoms with Crippen LogP contribution in [-0.2, 0) is 19.4 Å². The Hall–Kier alpha value is -1.80. The van der Waals surface area contributed by atoms with E-state index < -0.39 is 0 Å². The van der Waals surface area contributed by atoms with Crippen molar-refractivity contribution in [1.82, 2.24) is 4.90 Å². The Balaban J connectivity index is 0.000000126. The molecule has 0 spiro atoms. The molecule has 2 aliphatic rings. The molecule has 0 aliphatic carbocycles. The summed E-state index contributed by atoms with van der Waals surface area (Å²) >= 11 is 0. The Bertz CT molecular complexity index is 606. The molecule has 0 bridgehead atoms. The largest absolute Gasteiger partial charge is 0.374 e. The lowest BCUT2D eigenvalue weighted by molar-refractivity contribution is 0.313. The second-order valence-corrected chi connectivity index (χ2v) is 6.06. The van der Waals surface area contributed by atoms with Gasteiger partial charge < -0.3 is 9.80 Å². The highest BCUT2D eigenvalue weighted by Crippen LogP contribution is 2.25. The van der Waals surface area contributed by atoms with E-state index >= 15 is 0 Å². The van der Waals surface area contributed by atoms with E-state index in [0.717, 1.165) is 6.54 Å². The number of benzene rings is 2. The zero-order valence-corrected chi connectivity index (χ0v) is 13.0. The Morgan fingerprint density at radius 1 is 0.714 bits per heavy atom.